The standard InChI is InChI=1S/C20H20N6O2/c1-14-11-16(13-21-12-14)19(27)24-9-6-10-25(24)20(28)18-15(2)22-26(23-18)17-7-4-3-5-8-17/h3-5,7-8,11-13H,6,9-10H2,1-2H3. The third-order valence-electron chi connectivity index (χ3n) is 4.59. The molecule has 0 unspecified atom stereocenters. The zero-order chi connectivity index (χ0) is 19.7. The highest BCUT2D eigenvalue weighted by Crippen LogP contribution is 2.19. The van der Waals surface area contributed by atoms with Gasteiger partial charge in [-0.1, -0.05) is 18.2 Å². The molecule has 1 saturated heterocycles. The highest BCUT2D eigenvalue weighted by molar-refractivity contribution is 5.99. The highest BCUT2D eigenvalue weighted by Gasteiger charge is 2.34. The minimum atomic E-state index is -0.328. The second-order valence-corrected chi connectivity index (χ2v) is 6.72. The number of rotatable bonds is 3. The lowest BCUT2D eigenvalue weighted by atomic mass is 10.2. The number of nitrogens with zero attached hydrogens (tertiary/aromatic N) is 6. The van der Waals surface area contributed by atoms with Crippen LogP contribution in [0.2, 0.25) is 0 Å². The van der Waals surface area contributed by atoms with E-state index in [-0.39, 0.29) is 17.5 Å². The summed E-state index contributed by atoms with van der Waals surface area (Å²) in [5.41, 5.74) is 2.88. The zero-order valence-electron chi connectivity index (χ0n) is 15.7. The lowest BCUT2D eigenvalue weighted by Crippen LogP contribution is -2.45. The summed E-state index contributed by atoms with van der Waals surface area (Å²) in [6.45, 7) is 4.56. The number of carbonyl (C=O) groups excluding carboxylic acids is 2. The average Bonchev–Trinajstić information content (AvgIpc) is 3.34. The van der Waals surface area contributed by atoms with Crippen LogP contribution in [0.1, 0.15) is 38.5 Å². The van der Waals surface area contributed by atoms with Crippen molar-refractivity contribution in [3.05, 3.63) is 71.3 Å². The fourth-order valence-corrected chi connectivity index (χ4v) is 3.23. The summed E-state index contributed by atoms with van der Waals surface area (Å²) >= 11 is 0. The summed E-state index contributed by atoms with van der Waals surface area (Å²) in [4.78, 5) is 31.6. The predicted molar refractivity (Wildman–Crippen MR) is 102 cm³/mol. The van der Waals surface area contributed by atoms with Crippen LogP contribution in [0.5, 0.6) is 0 Å². The van der Waals surface area contributed by atoms with Gasteiger partial charge >= 0.3 is 0 Å². The van der Waals surface area contributed by atoms with Crippen molar-refractivity contribution in [1.29, 1.82) is 0 Å². The Morgan fingerprint density at radius 1 is 0.929 bits per heavy atom. The number of para-hydroxylation sites is 1. The molecule has 0 aliphatic carbocycles. The van der Waals surface area contributed by atoms with Gasteiger partial charge in [-0.25, -0.2) is 10.0 Å². The van der Waals surface area contributed by atoms with E-state index in [0.29, 0.717) is 30.8 Å². The zero-order valence-corrected chi connectivity index (χ0v) is 15.7. The van der Waals surface area contributed by atoms with Crippen LogP contribution in [-0.2, 0) is 0 Å². The van der Waals surface area contributed by atoms with Gasteiger partial charge < -0.3 is 0 Å². The topological polar surface area (TPSA) is 84.2 Å². The molecule has 0 radical (unpaired) electrons. The molecule has 3 aromatic rings. The molecular weight excluding hydrogens is 356 g/mol. The number of aromatic nitrogens is 4. The van der Waals surface area contributed by atoms with Gasteiger partial charge in [0.1, 0.15) is 0 Å². The van der Waals surface area contributed by atoms with Crippen molar-refractivity contribution in [2.45, 2.75) is 20.3 Å². The van der Waals surface area contributed by atoms with E-state index in [1.807, 2.05) is 37.3 Å². The molecule has 0 atom stereocenters. The van der Waals surface area contributed by atoms with Crippen molar-refractivity contribution < 1.29 is 9.59 Å². The normalized spacial score (nSPS) is 13.8. The van der Waals surface area contributed by atoms with E-state index in [2.05, 4.69) is 15.2 Å². The third-order valence-corrected chi connectivity index (χ3v) is 4.59. The molecule has 142 valence electrons. The summed E-state index contributed by atoms with van der Waals surface area (Å²) in [7, 11) is 0. The van der Waals surface area contributed by atoms with Gasteiger partial charge in [0.05, 0.1) is 16.9 Å². The number of amides is 2. The first-order valence-electron chi connectivity index (χ1n) is 9.09. The van der Waals surface area contributed by atoms with E-state index in [1.165, 1.54) is 21.0 Å². The quantitative estimate of drug-likeness (QED) is 0.700. The molecular formula is C20H20N6O2. The van der Waals surface area contributed by atoms with E-state index in [4.69, 9.17) is 0 Å². The number of aryl methyl sites for hydroxylation is 2. The van der Waals surface area contributed by atoms with Crippen LogP contribution in [0.15, 0.2) is 48.8 Å². The first-order valence-corrected chi connectivity index (χ1v) is 9.09. The molecule has 2 amide bonds. The fraction of sp³-hybridized carbons (Fsp3) is 0.250. The molecule has 3 heterocycles. The first kappa shape index (κ1) is 17.8. The van der Waals surface area contributed by atoms with Crippen LogP contribution in [0.3, 0.4) is 0 Å². The van der Waals surface area contributed by atoms with Crippen molar-refractivity contribution in [3.63, 3.8) is 0 Å². The Morgan fingerprint density at radius 2 is 1.64 bits per heavy atom. The maximum absolute atomic E-state index is 13.1. The number of benzene rings is 1. The predicted octanol–water partition coefficient (Wildman–Crippen LogP) is 2.18. The van der Waals surface area contributed by atoms with E-state index >= 15 is 0 Å². The van der Waals surface area contributed by atoms with Crippen LogP contribution in [0.4, 0.5) is 0 Å². The van der Waals surface area contributed by atoms with Crippen LogP contribution < -0.4 is 0 Å². The lowest BCUT2D eigenvalue weighted by molar-refractivity contribution is 0.0181. The van der Waals surface area contributed by atoms with E-state index < -0.39 is 0 Å². The van der Waals surface area contributed by atoms with Gasteiger partial charge in [0.2, 0.25) is 0 Å². The van der Waals surface area contributed by atoms with Crippen molar-refractivity contribution in [1.82, 2.24) is 30.0 Å². The molecule has 8 heteroatoms. The van der Waals surface area contributed by atoms with Crippen molar-refractivity contribution in [3.8, 4) is 5.69 Å². The average molecular weight is 376 g/mol. The van der Waals surface area contributed by atoms with E-state index in [1.54, 1.807) is 19.2 Å². The SMILES string of the molecule is Cc1cncc(C(=O)N2CCCN2C(=O)c2nn(-c3ccccc3)nc2C)c1. The van der Waals surface area contributed by atoms with Crippen LogP contribution >= 0.6 is 0 Å². The molecule has 1 fully saturated rings. The Bertz CT molecular complexity index is 1030. The number of hydrogen-bond donors (Lipinski definition) is 0. The molecule has 0 N–H and O–H groups in total. The van der Waals surface area contributed by atoms with E-state index in [9.17, 15) is 9.59 Å². The molecule has 4 rings (SSSR count). The summed E-state index contributed by atoms with van der Waals surface area (Å²) in [5.74, 6) is -0.568. The summed E-state index contributed by atoms with van der Waals surface area (Å²) in [5, 5.41) is 11.7. The Labute approximate surface area is 162 Å². The number of carbonyl (C=O) groups is 2. The van der Waals surface area contributed by atoms with Gasteiger partial charge in [0.15, 0.2) is 5.69 Å². The summed E-state index contributed by atoms with van der Waals surface area (Å²) in [6.07, 6.45) is 3.92. The molecule has 0 spiro atoms. The second-order valence-electron chi connectivity index (χ2n) is 6.72. The molecule has 1 aliphatic rings. The minimum absolute atomic E-state index is 0.241. The Morgan fingerprint density at radius 3 is 2.36 bits per heavy atom. The number of hydrazine groups is 1. The number of hydrogen-bond acceptors (Lipinski definition) is 5. The monoisotopic (exact) mass is 376 g/mol. The molecule has 0 bridgehead atoms. The molecule has 1 aliphatic heterocycles. The van der Waals surface area contributed by atoms with Crippen molar-refractivity contribution in [2.75, 3.05) is 13.1 Å². The van der Waals surface area contributed by atoms with E-state index in [0.717, 1.165) is 11.3 Å². The Balaban J connectivity index is 1.61. The molecule has 28 heavy (non-hydrogen) atoms. The summed E-state index contributed by atoms with van der Waals surface area (Å²) < 4.78 is 0. The number of pyridine rings is 1. The largest absolute Gasteiger partial charge is 0.294 e. The van der Waals surface area contributed by atoms with Crippen molar-refractivity contribution in [2.24, 2.45) is 0 Å². The highest BCUT2D eigenvalue weighted by atomic mass is 16.2. The van der Waals surface area contributed by atoms with Gasteiger partial charge in [-0.15, -0.1) is 5.10 Å². The smallest absolute Gasteiger partial charge is 0.267 e. The van der Waals surface area contributed by atoms with Gasteiger partial charge in [-0.05, 0) is 44.0 Å². The van der Waals surface area contributed by atoms with Crippen LogP contribution in [0, 0.1) is 13.8 Å². The molecule has 8 nitrogen and oxygen atoms in total. The van der Waals surface area contributed by atoms with Crippen molar-refractivity contribution >= 4 is 11.8 Å². The second kappa shape index (κ2) is 7.22. The van der Waals surface area contributed by atoms with Gasteiger partial charge in [0.25, 0.3) is 11.8 Å². The summed E-state index contributed by atoms with van der Waals surface area (Å²) in [6, 6.07) is 11.2. The molecule has 1 aromatic carbocycles. The first-order chi connectivity index (χ1) is 13.5. The molecule has 0 saturated carbocycles. The molecule has 2 aromatic heterocycles. The third kappa shape index (κ3) is 3.24. The Hall–Kier alpha value is -3.55. The van der Waals surface area contributed by atoms with Crippen LogP contribution in [0.25, 0.3) is 5.69 Å². The van der Waals surface area contributed by atoms with Gasteiger partial charge in [-0.3, -0.25) is 14.6 Å². The fourth-order valence-electron chi connectivity index (χ4n) is 3.23. The Kier molecular flexibility index (Phi) is 4.60. The maximum atomic E-state index is 13.1. The minimum Gasteiger partial charge on any atom is -0.267 e. The van der Waals surface area contributed by atoms with Gasteiger partial charge in [-0.2, -0.15) is 9.90 Å². The maximum Gasteiger partial charge on any atom is 0.294 e. The van der Waals surface area contributed by atoms with Crippen LogP contribution in [-0.4, -0.2) is 54.9 Å². The lowest BCUT2D eigenvalue weighted by Gasteiger charge is -2.27. The van der Waals surface area contributed by atoms with Gasteiger partial charge in [0, 0.05) is 25.5 Å².